The van der Waals surface area contributed by atoms with Gasteiger partial charge >= 0.3 is 0 Å². The Morgan fingerprint density at radius 3 is 2.71 bits per heavy atom. The highest BCUT2D eigenvalue weighted by molar-refractivity contribution is 6.12. The minimum absolute atomic E-state index is 0.237. The van der Waals surface area contributed by atoms with Gasteiger partial charge in [0, 0.05) is 22.7 Å². The lowest BCUT2D eigenvalue weighted by Crippen LogP contribution is -2.13. The summed E-state index contributed by atoms with van der Waals surface area (Å²) < 4.78 is 13.7. The third-order valence-electron chi connectivity index (χ3n) is 4.41. The Kier molecular flexibility index (Phi) is 3.53. The number of aromatic nitrogens is 1. The van der Waals surface area contributed by atoms with Gasteiger partial charge < -0.3 is 5.32 Å². The van der Waals surface area contributed by atoms with Crippen LogP contribution in [0.3, 0.4) is 0 Å². The van der Waals surface area contributed by atoms with Crippen LogP contribution < -0.4 is 5.32 Å². The topological polar surface area (TPSA) is 42.0 Å². The van der Waals surface area contributed by atoms with Crippen LogP contribution in [0, 0.1) is 12.7 Å². The summed E-state index contributed by atoms with van der Waals surface area (Å²) in [5.41, 5.74) is 3.38. The summed E-state index contributed by atoms with van der Waals surface area (Å²) in [5.74, 6) is -0.109. The molecule has 1 aromatic heterocycles. The Morgan fingerprint density at radius 1 is 1.17 bits per heavy atom. The Hall–Kier alpha value is -2.75. The third kappa shape index (κ3) is 2.75. The van der Waals surface area contributed by atoms with Crippen LogP contribution in [-0.4, -0.2) is 10.9 Å². The molecule has 4 rings (SSSR count). The predicted molar refractivity (Wildman–Crippen MR) is 92.8 cm³/mol. The first kappa shape index (κ1) is 14.8. The van der Waals surface area contributed by atoms with E-state index in [-0.39, 0.29) is 11.7 Å². The van der Waals surface area contributed by atoms with Crippen molar-refractivity contribution < 1.29 is 9.18 Å². The standard InChI is InChI=1S/C20H17FN2O/c1-12-6-9-14(10-17(12)21)22-20(24)16-11-19(13-7-8-13)23-18-5-3-2-4-15(16)18/h2-6,9-11,13H,7-8H2,1H3,(H,22,24). The van der Waals surface area contributed by atoms with Gasteiger partial charge in [-0.1, -0.05) is 24.3 Å². The van der Waals surface area contributed by atoms with Gasteiger partial charge in [0.25, 0.3) is 5.91 Å². The molecule has 1 heterocycles. The molecule has 0 spiro atoms. The summed E-state index contributed by atoms with van der Waals surface area (Å²) in [6.45, 7) is 1.69. The molecule has 0 atom stereocenters. The first-order valence-electron chi connectivity index (χ1n) is 8.09. The quantitative estimate of drug-likeness (QED) is 0.752. The number of aryl methyl sites for hydroxylation is 1. The minimum Gasteiger partial charge on any atom is -0.322 e. The molecule has 0 unspecified atom stereocenters. The number of halogens is 1. The minimum atomic E-state index is -0.328. The Bertz CT molecular complexity index is 948. The maximum atomic E-state index is 13.7. The van der Waals surface area contributed by atoms with Crippen molar-refractivity contribution in [1.29, 1.82) is 0 Å². The SMILES string of the molecule is Cc1ccc(NC(=O)c2cc(C3CC3)nc3ccccc23)cc1F. The van der Waals surface area contributed by atoms with Crippen molar-refractivity contribution in [3.8, 4) is 0 Å². The number of fused-ring (bicyclic) bond motifs is 1. The smallest absolute Gasteiger partial charge is 0.256 e. The zero-order valence-corrected chi connectivity index (χ0v) is 13.3. The molecule has 2 aromatic carbocycles. The van der Waals surface area contributed by atoms with Crippen molar-refractivity contribution in [3.05, 3.63) is 71.2 Å². The highest BCUT2D eigenvalue weighted by Gasteiger charge is 2.27. The number of amides is 1. The molecule has 3 aromatic rings. The second-order valence-corrected chi connectivity index (χ2v) is 6.30. The first-order valence-corrected chi connectivity index (χ1v) is 8.09. The number of nitrogens with one attached hydrogen (secondary N) is 1. The lowest BCUT2D eigenvalue weighted by molar-refractivity contribution is 0.102. The van der Waals surface area contributed by atoms with Crippen molar-refractivity contribution in [2.24, 2.45) is 0 Å². The van der Waals surface area contributed by atoms with Crippen LogP contribution in [0.15, 0.2) is 48.5 Å². The molecule has 24 heavy (non-hydrogen) atoms. The van der Waals surface area contributed by atoms with Crippen LogP contribution in [-0.2, 0) is 0 Å². The third-order valence-corrected chi connectivity index (χ3v) is 4.41. The summed E-state index contributed by atoms with van der Waals surface area (Å²) in [5, 5.41) is 3.61. The Morgan fingerprint density at radius 2 is 1.96 bits per heavy atom. The fourth-order valence-corrected chi connectivity index (χ4v) is 2.84. The van der Waals surface area contributed by atoms with Gasteiger partial charge in [0.05, 0.1) is 11.1 Å². The van der Waals surface area contributed by atoms with Crippen LogP contribution in [0.5, 0.6) is 0 Å². The van der Waals surface area contributed by atoms with Gasteiger partial charge in [-0.2, -0.15) is 0 Å². The molecule has 0 radical (unpaired) electrons. The normalized spacial score (nSPS) is 13.9. The van der Waals surface area contributed by atoms with Gasteiger partial charge in [0.2, 0.25) is 0 Å². The molecule has 3 nitrogen and oxygen atoms in total. The average molecular weight is 320 g/mol. The first-order chi connectivity index (χ1) is 11.6. The van der Waals surface area contributed by atoms with E-state index in [0.717, 1.165) is 29.4 Å². The second-order valence-electron chi connectivity index (χ2n) is 6.30. The zero-order chi connectivity index (χ0) is 16.7. The predicted octanol–water partition coefficient (Wildman–Crippen LogP) is 4.81. The van der Waals surface area contributed by atoms with Gasteiger partial charge in [0.1, 0.15) is 5.82 Å². The summed E-state index contributed by atoms with van der Waals surface area (Å²) in [6, 6.07) is 14.2. The number of nitrogens with zero attached hydrogens (tertiary/aromatic N) is 1. The summed E-state index contributed by atoms with van der Waals surface area (Å²) >= 11 is 0. The molecule has 1 fully saturated rings. The number of hydrogen-bond acceptors (Lipinski definition) is 2. The van der Waals surface area contributed by atoms with E-state index in [9.17, 15) is 9.18 Å². The molecule has 1 N–H and O–H groups in total. The Labute approximate surface area is 139 Å². The van der Waals surface area contributed by atoms with Gasteiger partial charge in [-0.05, 0) is 49.6 Å². The summed E-state index contributed by atoms with van der Waals surface area (Å²) in [6.07, 6.45) is 2.24. The summed E-state index contributed by atoms with van der Waals surface area (Å²) in [4.78, 5) is 17.4. The van der Waals surface area contributed by atoms with Crippen LogP contribution >= 0.6 is 0 Å². The number of rotatable bonds is 3. The molecule has 120 valence electrons. The van der Waals surface area contributed by atoms with Crippen molar-refractivity contribution in [3.63, 3.8) is 0 Å². The van der Waals surface area contributed by atoms with E-state index in [2.05, 4.69) is 10.3 Å². The average Bonchev–Trinajstić information content (AvgIpc) is 3.42. The van der Waals surface area contributed by atoms with Crippen LogP contribution in [0.2, 0.25) is 0 Å². The molecular formula is C20H17FN2O. The molecule has 4 heteroatoms. The molecule has 1 aliphatic carbocycles. The highest BCUT2D eigenvalue weighted by Crippen LogP contribution is 2.40. The maximum absolute atomic E-state index is 13.7. The molecule has 0 aliphatic heterocycles. The molecular weight excluding hydrogens is 303 g/mol. The lowest BCUT2D eigenvalue weighted by atomic mass is 10.1. The molecule has 0 bridgehead atoms. The van der Waals surface area contributed by atoms with Crippen molar-refractivity contribution in [2.75, 3.05) is 5.32 Å². The maximum Gasteiger partial charge on any atom is 0.256 e. The van der Waals surface area contributed by atoms with Gasteiger partial charge in [-0.25, -0.2) is 4.39 Å². The zero-order valence-electron chi connectivity index (χ0n) is 13.3. The summed E-state index contributed by atoms with van der Waals surface area (Å²) in [7, 11) is 0. The largest absolute Gasteiger partial charge is 0.322 e. The van der Waals surface area contributed by atoms with Crippen molar-refractivity contribution >= 4 is 22.5 Å². The Balaban J connectivity index is 1.74. The van der Waals surface area contributed by atoms with E-state index in [1.165, 1.54) is 6.07 Å². The van der Waals surface area contributed by atoms with Gasteiger partial charge in [-0.15, -0.1) is 0 Å². The van der Waals surface area contributed by atoms with Crippen LogP contribution in [0.25, 0.3) is 10.9 Å². The monoisotopic (exact) mass is 320 g/mol. The number of benzene rings is 2. The van der Waals surface area contributed by atoms with E-state index >= 15 is 0 Å². The number of para-hydroxylation sites is 1. The molecule has 1 amide bonds. The number of carbonyl (C=O) groups is 1. The lowest BCUT2D eigenvalue weighted by Gasteiger charge is -2.10. The van der Waals surface area contributed by atoms with E-state index in [1.807, 2.05) is 30.3 Å². The molecule has 1 saturated carbocycles. The number of pyridine rings is 1. The van der Waals surface area contributed by atoms with E-state index in [0.29, 0.717) is 22.7 Å². The second kappa shape index (κ2) is 5.71. The van der Waals surface area contributed by atoms with Gasteiger partial charge in [-0.3, -0.25) is 9.78 Å². The van der Waals surface area contributed by atoms with E-state index in [1.54, 1.807) is 19.1 Å². The molecule has 0 saturated heterocycles. The highest BCUT2D eigenvalue weighted by atomic mass is 19.1. The van der Waals surface area contributed by atoms with Crippen molar-refractivity contribution in [1.82, 2.24) is 4.98 Å². The number of carbonyl (C=O) groups excluding carboxylic acids is 1. The van der Waals surface area contributed by atoms with Crippen molar-refractivity contribution in [2.45, 2.75) is 25.7 Å². The van der Waals surface area contributed by atoms with Crippen LogP contribution in [0.1, 0.15) is 40.4 Å². The fourth-order valence-electron chi connectivity index (χ4n) is 2.84. The number of anilines is 1. The van der Waals surface area contributed by atoms with E-state index in [4.69, 9.17) is 0 Å². The number of hydrogen-bond donors (Lipinski definition) is 1. The van der Waals surface area contributed by atoms with Gasteiger partial charge in [0.15, 0.2) is 0 Å². The van der Waals surface area contributed by atoms with E-state index < -0.39 is 0 Å². The molecule has 1 aliphatic rings. The fraction of sp³-hybridized carbons (Fsp3) is 0.200. The van der Waals surface area contributed by atoms with Crippen LogP contribution in [0.4, 0.5) is 10.1 Å².